The zero-order chi connectivity index (χ0) is 14.8. The highest BCUT2D eigenvalue weighted by molar-refractivity contribution is 5.78. The molecule has 0 aliphatic rings. The van der Waals surface area contributed by atoms with Gasteiger partial charge in [0.25, 0.3) is 0 Å². The average Bonchev–Trinajstić information content (AvgIpc) is 2.48. The Bertz CT molecular complexity index is 894. The number of hydrogen-bond acceptors (Lipinski definition) is 4. The van der Waals surface area contributed by atoms with E-state index in [4.69, 9.17) is 4.42 Å². The predicted octanol–water partition coefficient (Wildman–Crippen LogP) is 3.55. The van der Waals surface area contributed by atoms with Crippen LogP contribution in [0.15, 0.2) is 57.7 Å². The summed E-state index contributed by atoms with van der Waals surface area (Å²) in [5.41, 5.74) is 2.14. The second-order valence-electron chi connectivity index (χ2n) is 4.75. The van der Waals surface area contributed by atoms with Crippen LogP contribution in [-0.4, -0.2) is 10.1 Å². The highest BCUT2D eigenvalue weighted by Gasteiger charge is 2.07. The van der Waals surface area contributed by atoms with Crippen LogP contribution in [0.5, 0.6) is 0 Å². The number of para-hydroxylation sites is 2. The first-order valence-corrected chi connectivity index (χ1v) is 6.51. The van der Waals surface area contributed by atoms with Crippen LogP contribution in [0, 0.1) is 6.92 Å². The number of rotatable bonds is 2. The molecule has 0 atom stereocenters. The van der Waals surface area contributed by atoms with Crippen molar-refractivity contribution in [3.63, 3.8) is 0 Å². The fourth-order valence-electron chi connectivity index (χ4n) is 2.07. The van der Waals surface area contributed by atoms with Crippen LogP contribution in [0.3, 0.4) is 0 Å². The molecule has 0 bridgehead atoms. The van der Waals surface area contributed by atoms with Crippen molar-refractivity contribution < 1.29 is 9.52 Å². The molecule has 0 fully saturated rings. The number of benzene rings is 2. The van der Waals surface area contributed by atoms with Crippen molar-refractivity contribution in [1.82, 2.24) is 4.98 Å². The Hall–Kier alpha value is -2.88. The number of aliphatic hydroxyl groups is 1. The molecule has 1 aromatic heterocycles. The third-order valence-electron chi connectivity index (χ3n) is 3.11. The van der Waals surface area contributed by atoms with Gasteiger partial charge in [0.2, 0.25) is 0 Å². The number of hydrogen-bond donors (Lipinski definition) is 1. The van der Waals surface area contributed by atoms with E-state index in [9.17, 15) is 9.90 Å². The fraction of sp³-hybridized carbons (Fsp3) is 0.0588. The molecule has 3 aromatic rings. The summed E-state index contributed by atoms with van der Waals surface area (Å²) < 4.78 is 5.18. The standard InChI is InChI=1S/C17H13NO3/c1-11-5-4-6-12(9-11)15(19)10-14-17(20)21-16-8-3-2-7-13(16)18-14/h2-10,19H,1H3/b15-10-. The molecule has 1 heterocycles. The lowest BCUT2D eigenvalue weighted by molar-refractivity contribution is 0.514. The molecule has 4 nitrogen and oxygen atoms in total. The van der Waals surface area contributed by atoms with E-state index in [0.717, 1.165) is 5.56 Å². The van der Waals surface area contributed by atoms with Gasteiger partial charge >= 0.3 is 5.63 Å². The first-order valence-electron chi connectivity index (χ1n) is 6.51. The summed E-state index contributed by atoms with van der Waals surface area (Å²) in [6.07, 6.45) is 1.33. The number of nitrogens with zero attached hydrogens (tertiary/aromatic N) is 1. The zero-order valence-electron chi connectivity index (χ0n) is 11.4. The van der Waals surface area contributed by atoms with Crippen LogP contribution >= 0.6 is 0 Å². The minimum Gasteiger partial charge on any atom is -0.507 e. The maximum atomic E-state index is 11.9. The molecule has 2 aromatic carbocycles. The Morgan fingerprint density at radius 3 is 2.81 bits per heavy atom. The summed E-state index contributed by atoms with van der Waals surface area (Å²) in [5, 5.41) is 10.1. The van der Waals surface area contributed by atoms with Crippen LogP contribution in [0.1, 0.15) is 16.8 Å². The van der Waals surface area contributed by atoms with Crippen LogP contribution in [0.4, 0.5) is 0 Å². The highest BCUT2D eigenvalue weighted by atomic mass is 16.4. The van der Waals surface area contributed by atoms with E-state index in [1.54, 1.807) is 24.3 Å². The number of fused-ring (bicyclic) bond motifs is 1. The van der Waals surface area contributed by atoms with Crippen molar-refractivity contribution in [3.8, 4) is 0 Å². The molecular weight excluding hydrogens is 266 g/mol. The molecule has 21 heavy (non-hydrogen) atoms. The molecule has 0 amide bonds. The second kappa shape index (κ2) is 5.25. The minimum absolute atomic E-state index is 0.0196. The molecule has 0 saturated carbocycles. The quantitative estimate of drug-likeness (QED) is 0.729. The predicted molar refractivity (Wildman–Crippen MR) is 82.0 cm³/mol. The molecule has 4 heteroatoms. The van der Waals surface area contributed by atoms with Gasteiger partial charge in [0.15, 0.2) is 11.3 Å². The van der Waals surface area contributed by atoms with E-state index in [-0.39, 0.29) is 11.5 Å². The van der Waals surface area contributed by atoms with E-state index >= 15 is 0 Å². The van der Waals surface area contributed by atoms with Gasteiger partial charge in [-0.25, -0.2) is 9.78 Å². The van der Waals surface area contributed by atoms with E-state index < -0.39 is 5.63 Å². The SMILES string of the molecule is Cc1cccc(/C(O)=C/c2nc3ccccc3oc2=O)c1. The van der Waals surface area contributed by atoms with Crippen molar-refractivity contribution in [1.29, 1.82) is 0 Å². The van der Waals surface area contributed by atoms with Crippen molar-refractivity contribution in [2.24, 2.45) is 0 Å². The van der Waals surface area contributed by atoms with Gasteiger partial charge in [-0.15, -0.1) is 0 Å². The van der Waals surface area contributed by atoms with E-state index in [1.165, 1.54) is 6.08 Å². The van der Waals surface area contributed by atoms with E-state index in [2.05, 4.69) is 4.98 Å². The van der Waals surface area contributed by atoms with Gasteiger partial charge in [-0.05, 0) is 25.1 Å². The lowest BCUT2D eigenvalue weighted by atomic mass is 10.1. The molecule has 3 rings (SSSR count). The van der Waals surface area contributed by atoms with E-state index in [1.807, 2.05) is 31.2 Å². The Morgan fingerprint density at radius 1 is 1.19 bits per heavy atom. The van der Waals surface area contributed by atoms with Crippen molar-refractivity contribution in [2.75, 3.05) is 0 Å². The first kappa shape index (κ1) is 13.1. The van der Waals surface area contributed by atoms with Gasteiger partial charge in [0, 0.05) is 11.6 Å². The Morgan fingerprint density at radius 2 is 2.00 bits per heavy atom. The number of aryl methyl sites for hydroxylation is 1. The van der Waals surface area contributed by atoms with Crippen molar-refractivity contribution >= 4 is 22.9 Å². The molecule has 1 N–H and O–H groups in total. The van der Waals surface area contributed by atoms with Gasteiger partial charge < -0.3 is 9.52 Å². The fourth-order valence-corrected chi connectivity index (χ4v) is 2.07. The van der Waals surface area contributed by atoms with Crippen LogP contribution < -0.4 is 5.63 Å². The van der Waals surface area contributed by atoms with Gasteiger partial charge in [0.05, 0.1) is 0 Å². The summed E-state index contributed by atoms with van der Waals surface area (Å²) in [7, 11) is 0. The topological polar surface area (TPSA) is 63.3 Å². The number of aliphatic hydroxyl groups excluding tert-OH is 1. The summed E-state index contributed by atoms with van der Waals surface area (Å²) in [5.74, 6) is -0.0196. The van der Waals surface area contributed by atoms with Crippen LogP contribution in [0.25, 0.3) is 22.9 Å². The summed E-state index contributed by atoms with van der Waals surface area (Å²) in [6.45, 7) is 1.93. The van der Waals surface area contributed by atoms with Crippen LogP contribution in [0.2, 0.25) is 0 Å². The molecule has 0 spiro atoms. The van der Waals surface area contributed by atoms with Gasteiger partial charge in [-0.2, -0.15) is 0 Å². The Kier molecular flexibility index (Phi) is 3.28. The van der Waals surface area contributed by atoms with Gasteiger partial charge in [0.1, 0.15) is 11.3 Å². The molecule has 0 aliphatic heterocycles. The molecule has 0 aliphatic carbocycles. The number of aromatic nitrogens is 1. The summed E-state index contributed by atoms with van der Waals surface area (Å²) >= 11 is 0. The third kappa shape index (κ3) is 2.69. The average molecular weight is 279 g/mol. The maximum Gasteiger partial charge on any atom is 0.362 e. The first-order chi connectivity index (χ1) is 10.1. The molecule has 0 radical (unpaired) electrons. The monoisotopic (exact) mass is 279 g/mol. The zero-order valence-corrected chi connectivity index (χ0v) is 11.4. The Balaban J connectivity index is 2.10. The van der Waals surface area contributed by atoms with Gasteiger partial charge in [-0.1, -0.05) is 35.9 Å². The highest BCUT2D eigenvalue weighted by Crippen LogP contribution is 2.16. The summed E-state index contributed by atoms with van der Waals surface area (Å²) in [4.78, 5) is 16.1. The molecule has 104 valence electrons. The lowest BCUT2D eigenvalue weighted by Gasteiger charge is -2.02. The normalized spacial score (nSPS) is 11.8. The van der Waals surface area contributed by atoms with Crippen molar-refractivity contribution in [2.45, 2.75) is 6.92 Å². The Labute approximate surface area is 121 Å². The molecule has 0 saturated heterocycles. The van der Waals surface area contributed by atoms with Crippen LogP contribution in [-0.2, 0) is 0 Å². The second-order valence-corrected chi connectivity index (χ2v) is 4.75. The smallest absolute Gasteiger partial charge is 0.362 e. The van der Waals surface area contributed by atoms with E-state index in [0.29, 0.717) is 16.7 Å². The maximum absolute atomic E-state index is 11.9. The summed E-state index contributed by atoms with van der Waals surface area (Å²) in [6, 6.07) is 14.4. The minimum atomic E-state index is -0.576. The largest absolute Gasteiger partial charge is 0.507 e. The lowest BCUT2D eigenvalue weighted by Crippen LogP contribution is -2.06. The molecular formula is C17H13NO3. The molecule has 0 unspecified atom stereocenters. The van der Waals surface area contributed by atoms with Crippen molar-refractivity contribution in [3.05, 3.63) is 75.8 Å². The van der Waals surface area contributed by atoms with Gasteiger partial charge in [-0.3, -0.25) is 0 Å². The third-order valence-corrected chi connectivity index (χ3v) is 3.11.